The number of hydrogen-bond acceptors (Lipinski definition) is 4. The largest absolute Gasteiger partial charge is 0.368 e. The van der Waals surface area contributed by atoms with Crippen LogP contribution in [0.4, 0.5) is 5.95 Å². The van der Waals surface area contributed by atoms with Crippen LogP contribution in [0.25, 0.3) is 10.9 Å². The average Bonchev–Trinajstić information content (AvgIpc) is 2.07. The van der Waals surface area contributed by atoms with E-state index >= 15 is 0 Å². The second-order valence-electron chi connectivity index (χ2n) is 2.39. The van der Waals surface area contributed by atoms with E-state index in [0.717, 1.165) is 0 Å². The smallest absolute Gasteiger partial charge is 0.222 e. The molecule has 0 aliphatic rings. The van der Waals surface area contributed by atoms with Gasteiger partial charge in [-0.3, -0.25) is 4.98 Å². The lowest BCUT2D eigenvalue weighted by Gasteiger charge is -2.00. The van der Waals surface area contributed by atoms with Gasteiger partial charge in [-0.15, -0.1) is 0 Å². The molecule has 13 heavy (non-hydrogen) atoms. The molecule has 2 aromatic heterocycles. The summed E-state index contributed by atoms with van der Waals surface area (Å²) >= 11 is 11.6. The summed E-state index contributed by atoms with van der Waals surface area (Å²) in [6.45, 7) is 0. The van der Waals surface area contributed by atoms with Crippen LogP contribution >= 0.6 is 23.2 Å². The first-order chi connectivity index (χ1) is 6.18. The highest BCUT2D eigenvalue weighted by Crippen LogP contribution is 2.25. The number of nitrogens with two attached hydrogens (primary N) is 1. The van der Waals surface area contributed by atoms with Gasteiger partial charge in [0, 0.05) is 12.4 Å². The molecule has 0 bridgehead atoms. The topological polar surface area (TPSA) is 64.7 Å². The number of hydrogen-bond donors (Lipinski definition) is 1. The minimum absolute atomic E-state index is 0.102. The summed E-state index contributed by atoms with van der Waals surface area (Å²) in [5.41, 5.74) is 5.93. The van der Waals surface area contributed by atoms with Crippen molar-refractivity contribution >= 4 is 40.1 Å². The molecule has 0 aliphatic carbocycles. The van der Waals surface area contributed by atoms with E-state index in [1.807, 2.05) is 0 Å². The number of nitrogen functional groups attached to an aromatic ring is 1. The van der Waals surface area contributed by atoms with Crippen molar-refractivity contribution in [1.82, 2.24) is 15.0 Å². The maximum atomic E-state index is 5.83. The lowest BCUT2D eigenvalue weighted by atomic mass is 10.3. The predicted molar refractivity (Wildman–Crippen MR) is 51.8 cm³/mol. The maximum Gasteiger partial charge on any atom is 0.222 e. The first-order valence-corrected chi connectivity index (χ1v) is 4.16. The van der Waals surface area contributed by atoms with E-state index in [1.165, 1.54) is 6.20 Å². The van der Waals surface area contributed by atoms with E-state index in [0.29, 0.717) is 15.9 Å². The number of nitrogens with zero attached hydrogens (tertiary/aromatic N) is 3. The second-order valence-corrected chi connectivity index (χ2v) is 3.16. The third-order valence-electron chi connectivity index (χ3n) is 1.53. The maximum absolute atomic E-state index is 5.83. The Morgan fingerprint density at radius 3 is 2.69 bits per heavy atom. The van der Waals surface area contributed by atoms with Gasteiger partial charge in [-0.05, 0) is 0 Å². The molecule has 0 radical (unpaired) electrons. The Kier molecular flexibility index (Phi) is 1.94. The van der Waals surface area contributed by atoms with Crippen LogP contribution in [0.15, 0.2) is 12.4 Å². The van der Waals surface area contributed by atoms with Gasteiger partial charge < -0.3 is 5.73 Å². The summed E-state index contributed by atoms with van der Waals surface area (Å²) in [4.78, 5) is 11.6. The molecule has 0 spiro atoms. The first kappa shape index (κ1) is 8.47. The minimum Gasteiger partial charge on any atom is -0.368 e. The van der Waals surface area contributed by atoms with E-state index in [4.69, 9.17) is 28.9 Å². The third kappa shape index (κ3) is 1.38. The van der Waals surface area contributed by atoms with Gasteiger partial charge in [-0.2, -0.15) is 0 Å². The highest BCUT2D eigenvalue weighted by atomic mass is 35.5. The number of anilines is 1. The number of pyridine rings is 1. The molecule has 2 aromatic rings. The Labute approximate surface area is 83.7 Å². The Morgan fingerprint density at radius 1 is 1.15 bits per heavy atom. The fourth-order valence-electron chi connectivity index (χ4n) is 0.993. The highest BCUT2D eigenvalue weighted by molar-refractivity contribution is 6.38. The monoisotopic (exact) mass is 214 g/mol. The van der Waals surface area contributed by atoms with Crippen molar-refractivity contribution in [3.05, 3.63) is 22.6 Å². The summed E-state index contributed by atoms with van der Waals surface area (Å²) in [6.07, 6.45) is 3.02. The fourth-order valence-corrected chi connectivity index (χ4v) is 1.42. The van der Waals surface area contributed by atoms with Crippen LogP contribution in [0.2, 0.25) is 10.2 Å². The molecule has 0 saturated heterocycles. The van der Waals surface area contributed by atoms with Gasteiger partial charge in [0.2, 0.25) is 5.95 Å². The molecule has 2 rings (SSSR count). The SMILES string of the molecule is Nc1nc(Cl)c2cncc(Cl)c2n1. The molecule has 66 valence electrons. The zero-order valence-electron chi connectivity index (χ0n) is 6.33. The van der Waals surface area contributed by atoms with E-state index in [2.05, 4.69) is 15.0 Å². The molecule has 0 unspecified atom stereocenters. The van der Waals surface area contributed by atoms with Crippen molar-refractivity contribution < 1.29 is 0 Å². The molecule has 0 saturated carbocycles. The predicted octanol–water partition coefficient (Wildman–Crippen LogP) is 1.91. The minimum atomic E-state index is 0.102. The number of fused-ring (bicyclic) bond motifs is 1. The van der Waals surface area contributed by atoms with Gasteiger partial charge in [-0.25, -0.2) is 9.97 Å². The molecular formula is C7H4Cl2N4. The molecule has 2 heterocycles. The third-order valence-corrected chi connectivity index (χ3v) is 2.10. The van der Waals surface area contributed by atoms with Crippen LogP contribution in [0.1, 0.15) is 0 Å². The van der Waals surface area contributed by atoms with Crippen LogP contribution in [-0.2, 0) is 0 Å². The normalized spacial score (nSPS) is 10.6. The van der Waals surface area contributed by atoms with Crippen LogP contribution in [0.5, 0.6) is 0 Å². The average molecular weight is 215 g/mol. The Balaban J connectivity index is 2.94. The van der Waals surface area contributed by atoms with Crippen molar-refractivity contribution in [2.24, 2.45) is 0 Å². The zero-order chi connectivity index (χ0) is 9.42. The van der Waals surface area contributed by atoms with Crippen LogP contribution < -0.4 is 5.73 Å². The molecule has 0 amide bonds. The van der Waals surface area contributed by atoms with Gasteiger partial charge in [0.05, 0.1) is 15.9 Å². The molecule has 0 aromatic carbocycles. The lowest BCUT2D eigenvalue weighted by Crippen LogP contribution is -1.96. The van der Waals surface area contributed by atoms with E-state index < -0.39 is 0 Å². The molecule has 6 heteroatoms. The highest BCUT2D eigenvalue weighted by Gasteiger charge is 2.06. The number of rotatable bonds is 0. The molecule has 0 fully saturated rings. The van der Waals surface area contributed by atoms with Crippen LogP contribution in [0, 0.1) is 0 Å². The summed E-state index contributed by atoms with van der Waals surface area (Å²) in [5, 5.41) is 1.27. The van der Waals surface area contributed by atoms with Crippen LogP contribution in [0.3, 0.4) is 0 Å². The van der Waals surface area contributed by atoms with Crippen molar-refractivity contribution in [3.8, 4) is 0 Å². The quantitative estimate of drug-likeness (QED) is 0.681. The van der Waals surface area contributed by atoms with Gasteiger partial charge in [0.1, 0.15) is 5.15 Å². The Morgan fingerprint density at radius 2 is 1.92 bits per heavy atom. The molecule has 2 N–H and O–H groups in total. The lowest BCUT2D eigenvalue weighted by molar-refractivity contribution is 1.22. The molecule has 4 nitrogen and oxygen atoms in total. The van der Waals surface area contributed by atoms with Gasteiger partial charge >= 0.3 is 0 Å². The van der Waals surface area contributed by atoms with Crippen molar-refractivity contribution in [2.45, 2.75) is 0 Å². The molecule has 0 aliphatic heterocycles. The zero-order valence-corrected chi connectivity index (χ0v) is 7.84. The van der Waals surface area contributed by atoms with Crippen molar-refractivity contribution in [1.29, 1.82) is 0 Å². The van der Waals surface area contributed by atoms with Gasteiger partial charge in [-0.1, -0.05) is 23.2 Å². The van der Waals surface area contributed by atoms with Gasteiger partial charge in [0.15, 0.2) is 0 Å². The number of aromatic nitrogens is 3. The molecule has 0 atom stereocenters. The summed E-state index contributed by atoms with van der Waals surface area (Å²) in [5.74, 6) is 0.102. The summed E-state index contributed by atoms with van der Waals surface area (Å²) in [7, 11) is 0. The van der Waals surface area contributed by atoms with Crippen LogP contribution in [-0.4, -0.2) is 15.0 Å². The van der Waals surface area contributed by atoms with E-state index in [9.17, 15) is 0 Å². The van der Waals surface area contributed by atoms with E-state index in [-0.39, 0.29) is 11.1 Å². The fraction of sp³-hybridized carbons (Fsp3) is 0. The number of halogens is 2. The Hall–Kier alpha value is -1.13. The van der Waals surface area contributed by atoms with E-state index in [1.54, 1.807) is 6.20 Å². The first-order valence-electron chi connectivity index (χ1n) is 3.40. The summed E-state index contributed by atoms with van der Waals surface area (Å²) < 4.78 is 0. The second kappa shape index (κ2) is 2.97. The van der Waals surface area contributed by atoms with Crippen molar-refractivity contribution in [3.63, 3.8) is 0 Å². The standard InChI is InChI=1S/C7H4Cl2N4/c8-4-2-11-1-3-5(4)12-7(10)13-6(3)9/h1-2H,(H2,10,12,13). The van der Waals surface area contributed by atoms with Crippen molar-refractivity contribution in [2.75, 3.05) is 5.73 Å². The summed E-state index contributed by atoms with van der Waals surface area (Å²) in [6, 6.07) is 0. The Bertz CT molecular complexity index is 471. The molecular weight excluding hydrogens is 211 g/mol. The van der Waals surface area contributed by atoms with Gasteiger partial charge in [0.25, 0.3) is 0 Å².